The summed E-state index contributed by atoms with van der Waals surface area (Å²) < 4.78 is 0. The summed E-state index contributed by atoms with van der Waals surface area (Å²) in [5.41, 5.74) is 0. The molecule has 0 aliphatic rings. The van der Waals surface area contributed by atoms with Crippen LogP contribution in [0.25, 0.3) is 0 Å². The Labute approximate surface area is 53.2 Å². The predicted molar refractivity (Wildman–Crippen MR) is 15.2 cm³/mol. The van der Waals surface area contributed by atoms with Crippen molar-refractivity contribution in [3.63, 3.8) is 0 Å². The average molecular weight is 236 g/mol. The van der Waals surface area contributed by atoms with E-state index in [1.54, 1.807) is 0 Å². The standard InChI is InChI=1S/Ag.Cu.2S. The van der Waals surface area contributed by atoms with Crippen LogP contribution in [0, 0.1) is 0 Å². The first-order chi connectivity index (χ1) is 2.00. The Morgan fingerprint density at radius 1 is 1.25 bits per heavy atom. The maximum atomic E-state index is 3.89. The zero-order chi connectivity index (χ0) is 4.00. The zero-order valence-electron chi connectivity index (χ0n) is 1.42. The molecule has 0 saturated heterocycles. The summed E-state index contributed by atoms with van der Waals surface area (Å²) in [6, 6.07) is 0. The Morgan fingerprint density at radius 2 is 1.25 bits per heavy atom. The molecule has 0 bridgehead atoms. The quantitative estimate of drug-likeness (QED) is 0.581. The summed E-state index contributed by atoms with van der Waals surface area (Å²) in [7, 11) is 7.54. The van der Waals surface area contributed by atoms with E-state index in [9.17, 15) is 0 Å². The molecule has 0 rings (SSSR count). The SMILES string of the molecule is [S]=[Ag].[S]=[Cu]. The Kier molecular flexibility index (Phi) is 51.2. The van der Waals surface area contributed by atoms with Gasteiger partial charge in [0, 0.05) is 0 Å². The fourth-order valence-electron chi connectivity index (χ4n) is 0. The van der Waals surface area contributed by atoms with Crippen LogP contribution in [0.3, 0.4) is 0 Å². The average Bonchev–Trinajstić information content (AvgIpc) is 1.50. The van der Waals surface area contributed by atoms with Crippen molar-refractivity contribution in [3.8, 4) is 0 Å². The summed E-state index contributed by atoms with van der Waals surface area (Å²) in [4.78, 5) is 0. The molecule has 34 valence electrons. The summed E-state index contributed by atoms with van der Waals surface area (Å²) >= 11 is 6.30. The Morgan fingerprint density at radius 3 is 1.25 bits per heavy atom. The summed E-state index contributed by atoms with van der Waals surface area (Å²) in [5.74, 6) is 0. The van der Waals surface area contributed by atoms with Gasteiger partial charge in [0.15, 0.2) is 0 Å². The van der Waals surface area contributed by atoms with Crippen LogP contribution >= 0.6 is 20.1 Å². The van der Waals surface area contributed by atoms with Crippen molar-refractivity contribution in [2.75, 3.05) is 0 Å². The third kappa shape index (κ3) is 9.33. The molecule has 4 heavy (non-hydrogen) atoms. The van der Waals surface area contributed by atoms with Gasteiger partial charge in [-0.1, -0.05) is 0 Å². The molecule has 0 unspecified atom stereocenters. The molecular weight excluding hydrogens is 236 g/mol. The fourth-order valence-corrected chi connectivity index (χ4v) is 0. The second-order valence-corrected chi connectivity index (χ2v) is 0. The molecule has 0 radical (unpaired) electrons. The van der Waals surface area contributed by atoms with Gasteiger partial charge in [-0.3, -0.25) is 0 Å². The van der Waals surface area contributed by atoms with Crippen LogP contribution in [0.5, 0.6) is 0 Å². The molecule has 0 aromatic carbocycles. The Balaban J connectivity index is 0. The van der Waals surface area contributed by atoms with Crippen LogP contribution in [0.1, 0.15) is 0 Å². The van der Waals surface area contributed by atoms with Crippen molar-refractivity contribution in [2.45, 2.75) is 0 Å². The third-order valence-electron chi connectivity index (χ3n) is 0. The number of rotatable bonds is 0. The molecule has 0 aliphatic carbocycles. The van der Waals surface area contributed by atoms with E-state index < -0.39 is 0 Å². The molecule has 0 heterocycles. The van der Waals surface area contributed by atoms with Gasteiger partial charge < -0.3 is 0 Å². The maximum absolute atomic E-state index is 3.89. The van der Waals surface area contributed by atoms with Crippen LogP contribution in [0.2, 0.25) is 0 Å². The monoisotopic (exact) mass is 234 g/mol. The zero-order valence-corrected chi connectivity index (χ0v) is 5.48. The first kappa shape index (κ1) is 9.20. The van der Waals surface area contributed by atoms with Crippen LogP contribution in [0.4, 0.5) is 0 Å². The summed E-state index contributed by atoms with van der Waals surface area (Å²) in [6.07, 6.45) is 0. The van der Waals surface area contributed by atoms with E-state index in [-0.39, 0.29) is 0 Å². The molecule has 0 atom stereocenters. The minimum absolute atomic E-state index is 2.53. The molecule has 0 aliphatic heterocycles. The van der Waals surface area contributed by atoms with E-state index in [4.69, 9.17) is 0 Å². The number of hydrogen-bond donors (Lipinski definition) is 0. The second-order valence-electron chi connectivity index (χ2n) is 0. The Hall–Kier alpha value is 1.70. The van der Waals surface area contributed by atoms with Crippen LogP contribution in [-0.4, -0.2) is 0 Å². The first-order valence-corrected chi connectivity index (χ1v) is 3.71. The van der Waals surface area contributed by atoms with Crippen molar-refractivity contribution >= 4 is 20.1 Å². The molecule has 0 amide bonds. The molecule has 0 fully saturated rings. The molecular formula is AgCuS2. The van der Waals surface area contributed by atoms with Gasteiger partial charge in [0.25, 0.3) is 0 Å². The molecule has 4 heteroatoms. The predicted octanol–water partition coefficient (Wildman–Crippen LogP) is 1.29. The minimum atomic E-state index is 2.53. The summed E-state index contributed by atoms with van der Waals surface area (Å²) in [6.45, 7) is 0. The summed E-state index contributed by atoms with van der Waals surface area (Å²) in [5, 5.41) is 0. The van der Waals surface area contributed by atoms with E-state index >= 15 is 0 Å². The number of hydrogen-bond acceptors (Lipinski definition) is 2. The van der Waals surface area contributed by atoms with Crippen molar-refractivity contribution in [3.05, 3.63) is 0 Å². The van der Waals surface area contributed by atoms with Gasteiger partial charge >= 0.3 is 53.7 Å². The van der Waals surface area contributed by atoms with Gasteiger partial charge in [-0.05, 0) is 0 Å². The van der Waals surface area contributed by atoms with Crippen LogP contribution in [0.15, 0.2) is 0 Å². The molecule has 0 saturated carbocycles. The normalized spacial score (nSPS) is 3.00. The molecule has 0 nitrogen and oxygen atoms in total. The van der Waals surface area contributed by atoms with Gasteiger partial charge in [-0.15, -0.1) is 0 Å². The van der Waals surface area contributed by atoms with Crippen molar-refractivity contribution in [2.24, 2.45) is 0 Å². The van der Waals surface area contributed by atoms with Crippen LogP contribution in [-0.2, 0) is 33.6 Å². The van der Waals surface area contributed by atoms with Crippen molar-refractivity contribution < 1.29 is 33.6 Å². The van der Waals surface area contributed by atoms with Gasteiger partial charge in [-0.25, -0.2) is 0 Å². The fraction of sp³-hybridized carbons (Fsp3) is 0. The van der Waals surface area contributed by atoms with Crippen molar-refractivity contribution in [1.29, 1.82) is 0 Å². The third-order valence-corrected chi connectivity index (χ3v) is 0. The van der Waals surface area contributed by atoms with Gasteiger partial charge in [0.1, 0.15) is 0 Å². The first-order valence-electron chi connectivity index (χ1n) is 0.246. The van der Waals surface area contributed by atoms with E-state index in [0.717, 1.165) is 0 Å². The van der Waals surface area contributed by atoms with E-state index in [1.165, 1.54) is 0 Å². The van der Waals surface area contributed by atoms with Gasteiger partial charge in [0.05, 0.1) is 0 Å². The second kappa shape index (κ2) is 22.3. The topological polar surface area (TPSA) is 0 Å². The molecule has 0 spiro atoms. The van der Waals surface area contributed by atoms with Gasteiger partial charge in [0.2, 0.25) is 0 Å². The molecule has 0 aromatic rings. The van der Waals surface area contributed by atoms with E-state index in [1.807, 2.05) is 0 Å². The van der Waals surface area contributed by atoms with Gasteiger partial charge in [-0.2, -0.15) is 0 Å². The molecule has 0 N–H and O–H groups in total. The van der Waals surface area contributed by atoms with Crippen molar-refractivity contribution in [1.82, 2.24) is 0 Å². The Bertz CT molecular complexity index is 8.00. The van der Waals surface area contributed by atoms with E-state index in [2.05, 4.69) is 53.7 Å². The van der Waals surface area contributed by atoms with Crippen LogP contribution < -0.4 is 0 Å². The van der Waals surface area contributed by atoms with E-state index in [0.29, 0.717) is 0 Å². The molecule has 0 aromatic heterocycles.